The minimum absolute atomic E-state index is 0.0975. The van der Waals surface area contributed by atoms with Gasteiger partial charge in [-0.3, -0.25) is 4.79 Å². The first-order valence-electron chi connectivity index (χ1n) is 12.5. The summed E-state index contributed by atoms with van der Waals surface area (Å²) in [6.07, 6.45) is 5.87. The fourth-order valence-corrected chi connectivity index (χ4v) is 8.99. The van der Waals surface area contributed by atoms with Crippen molar-refractivity contribution in [3.05, 3.63) is 12.2 Å². The van der Waals surface area contributed by atoms with Crippen molar-refractivity contribution in [3.63, 3.8) is 0 Å². The largest absolute Gasteiger partial charge is 0.412 e. The van der Waals surface area contributed by atoms with Gasteiger partial charge in [-0.1, -0.05) is 66.4 Å². The quantitative estimate of drug-likeness (QED) is 0.227. The number of Topliss-reactive ketones (excluding diaryl/α,β-unsaturated/α-hetero) is 1. The molecule has 0 saturated heterocycles. The van der Waals surface area contributed by atoms with Gasteiger partial charge in [-0.2, -0.15) is 0 Å². The second-order valence-corrected chi connectivity index (χ2v) is 20.7. The molecule has 31 heavy (non-hydrogen) atoms. The Morgan fingerprint density at radius 3 is 2.10 bits per heavy atom. The molecule has 2 aliphatic carbocycles. The molecule has 0 aromatic rings. The molecule has 0 radical (unpaired) electrons. The number of hydrogen-bond acceptors (Lipinski definition) is 3. The lowest BCUT2D eigenvalue weighted by Crippen LogP contribution is -2.48. The summed E-state index contributed by atoms with van der Waals surface area (Å²) >= 11 is 0. The zero-order chi connectivity index (χ0) is 23.5. The Morgan fingerprint density at radius 1 is 1.06 bits per heavy atom. The van der Waals surface area contributed by atoms with Gasteiger partial charge in [0.15, 0.2) is 22.4 Å². The van der Waals surface area contributed by atoms with Crippen molar-refractivity contribution in [3.8, 4) is 11.8 Å². The summed E-state index contributed by atoms with van der Waals surface area (Å²) in [5.41, 5.74) is 0.284. The molecule has 0 aromatic heterocycles. The molecule has 2 rings (SSSR count). The number of carbonyl (C=O) groups is 1. The van der Waals surface area contributed by atoms with E-state index in [4.69, 9.17) is 8.85 Å². The zero-order valence-electron chi connectivity index (χ0n) is 21.5. The predicted octanol–water partition coefficient (Wildman–Crippen LogP) is 7.25. The van der Waals surface area contributed by atoms with Crippen LogP contribution in [0.1, 0.15) is 80.1 Å². The van der Waals surface area contributed by atoms with Crippen LogP contribution in [0.5, 0.6) is 0 Å². The van der Waals surface area contributed by atoms with Crippen molar-refractivity contribution in [2.24, 2.45) is 5.92 Å². The van der Waals surface area contributed by atoms with Crippen LogP contribution in [-0.4, -0.2) is 34.1 Å². The van der Waals surface area contributed by atoms with Gasteiger partial charge in [0.2, 0.25) is 0 Å². The van der Waals surface area contributed by atoms with Gasteiger partial charge in [-0.25, -0.2) is 0 Å². The molecule has 2 atom stereocenters. The van der Waals surface area contributed by atoms with Crippen LogP contribution >= 0.6 is 0 Å². The molecule has 0 aliphatic heterocycles. The SMILES string of the molecule is C=C1C(=O)C[C@@H](O[Si](C)(C)C(C)(C)C)[C@@H]1C#CC1(O[Si](CC)(CC)CC)CCCCC1. The van der Waals surface area contributed by atoms with Crippen molar-refractivity contribution in [1.29, 1.82) is 0 Å². The molecule has 0 heterocycles. The first-order chi connectivity index (χ1) is 14.3. The van der Waals surface area contributed by atoms with Crippen LogP contribution in [0.3, 0.4) is 0 Å². The maximum absolute atomic E-state index is 12.6. The smallest absolute Gasteiger partial charge is 0.194 e. The number of carbonyl (C=O) groups excluding carboxylic acids is 1. The first kappa shape index (κ1) is 26.6. The minimum atomic E-state index is -2.00. The third kappa shape index (κ3) is 6.02. The Labute approximate surface area is 194 Å². The lowest BCUT2D eigenvalue weighted by Gasteiger charge is -2.42. The number of hydrogen-bond donors (Lipinski definition) is 0. The van der Waals surface area contributed by atoms with E-state index in [1.807, 2.05) is 0 Å². The van der Waals surface area contributed by atoms with Gasteiger partial charge in [0.1, 0.15) is 5.60 Å². The van der Waals surface area contributed by atoms with Crippen LogP contribution in [0.15, 0.2) is 12.2 Å². The van der Waals surface area contributed by atoms with E-state index in [0.29, 0.717) is 12.0 Å². The Balaban J connectivity index is 2.36. The molecule has 0 unspecified atom stereocenters. The van der Waals surface area contributed by atoms with Gasteiger partial charge in [0.05, 0.1) is 12.0 Å². The van der Waals surface area contributed by atoms with Gasteiger partial charge >= 0.3 is 0 Å². The molecule has 0 aromatic carbocycles. The fourth-order valence-electron chi connectivity index (χ4n) is 4.64. The molecule has 2 aliphatic rings. The van der Waals surface area contributed by atoms with E-state index in [1.165, 1.54) is 19.3 Å². The molecular formula is C26H46O3Si2. The Kier molecular flexibility index (Phi) is 8.64. The average molecular weight is 463 g/mol. The summed E-state index contributed by atoms with van der Waals surface area (Å²) in [4.78, 5) is 12.6. The van der Waals surface area contributed by atoms with Crippen molar-refractivity contribution in [2.45, 2.75) is 128 Å². The van der Waals surface area contributed by atoms with E-state index in [0.717, 1.165) is 31.0 Å². The average Bonchev–Trinajstić information content (AvgIpc) is 2.97. The van der Waals surface area contributed by atoms with Gasteiger partial charge < -0.3 is 8.85 Å². The number of rotatable bonds is 7. The maximum atomic E-state index is 12.6. The van der Waals surface area contributed by atoms with E-state index in [1.54, 1.807) is 0 Å². The van der Waals surface area contributed by atoms with Gasteiger partial charge in [-0.05, 0) is 61.9 Å². The van der Waals surface area contributed by atoms with Crippen LogP contribution in [0.25, 0.3) is 0 Å². The molecule has 0 amide bonds. The highest BCUT2D eigenvalue weighted by Gasteiger charge is 2.46. The van der Waals surface area contributed by atoms with Crippen LogP contribution in [0, 0.1) is 17.8 Å². The molecule has 3 nitrogen and oxygen atoms in total. The highest BCUT2D eigenvalue weighted by atomic mass is 28.4. The summed E-state index contributed by atoms with van der Waals surface area (Å²) < 4.78 is 13.7. The fraction of sp³-hybridized carbons (Fsp3) is 0.808. The lowest BCUT2D eigenvalue weighted by atomic mass is 9.85. The van der Waals surface area contributed by atoms with E-state index < -0.39 is 16.6 Å². The summed E-state index contributed by atoms with van der Waals surface area (Å²) in [7, 11) is -3.78. The van der Waals surface area contributed by atoms with Crippen molar-refractivity contribution in [1.82, 2.24) is 0 Å². The Morgan fingerprint density at radius 2 is 1.61 bits per heavy atom. The minimum Gasteiger partial charge on any atom is -0.412 e. The second kappa shape index (κ2) is 10.1. The van der Waals surface area contributed by atoms with Gasteiger partial charge in [0.25, 0.3) is 0 Å². The molecular weight excluding hydrogens is 416 g/mol. The predicted molar refractivity (Wildman–Crippen MR) is 136 cm³/mol. The summed E-state index contributed by atoms with van der Waals surface area (Å²) in [6, 6.07) is 3.40. The zero-order valence-corrected chi connectivity index (χ0v) is 23.5. The molecule has 0 spiro atoms. The third-order valence-corrected chi connectivity index (χ3v) is 17.4. The normalized spacial score (nSPS) is 24.8. The van der Waals surface area contributed by atoms with Crippen molar-refractivity contribution >= 4 is 22.4 Å². The molecule has 2 fully saturated rings. The van der Waals surface area contributed by atoms with Crippen LogP contribution in [-0.2, 0) is 13.6 Å². The molecule has 0 N–H and O–H groups in total. The van der Waals surface area contributed by atoms with Crippen LogP contribution in [0.2, 0.25) is 36.3 Å². The molecule has 176 valence electrons. The lowest BCUT2D eigenvalue weighted by molar-refractivity contribution is -0.115. The van der Waals surface area contributed by atoms with Gasteiger partial charge in [-0.15, -0.1) is 0 Å². The van der Waals surface area contributed by atoms with Crippen molar-refractivity contribution in [2.75, 3.05) is 0 Å². The molecule has 0 bridgehead atoms. The van der Waals surface area contributed by atoms with E-state index in [9.17, 15) is 4.79 Å². The highest BCUT2D eigenvalue weighted by molar-refractivity contribution is 6.74. The van der Waals surface area contributed by atoms with E-state index in [2.05, 4.69) is 73.1 Å². The summed E-state index contributed by atoms with van der Waals surface area (Å²) in [5, 5.41) is 0.0975. The maximum Gasteiger partial charge on any atom is 0.194 e. The Bertz CT molecular complexity index is 705. The van der Waals surface area contributed by atoms with Crippen molar-refractivity contribution < 1.29 is 13.6 Å². The topological polar surface area (TPSA) is 35.5 Å². The third-order valence-electron chi connectivity index (χ3n) is 8.21. The van der Waals surface area contributed by atoms with Gasteiger partial charge in [0, 0.05) is 12.0 Å². The van der Waals surface area contributed by atoms with E-state index in [-0.39, 0.29) is 28.4 Å². The van der Waals surface area contributed by atoms with Crippen LogP contribution < -0.4 is 0 Å². The van der Waals surface area contributed by atoms with E-state index >= 15 is 0 Å². The summed E-state index contributed by atoms with van der Waals surface area (Å²) in [5.74, 6) is 7.05. The highest BCUT2D eigenvalue weighted by Crippen LogP contribution is 2.42. The Hall–Kier alpha value is -0.676. The first-order valence-corrected chi connectivity index (χ1v) is 17.9. The summed E-state index contributed by atoms with van der Waals surface area (Å²) in [6.45, 7) is 22.2. The molecule has 2 saturated carbocycles. The van der Waals surface area contributed by atoms with Crippen LogP contribution in [0.4, 0.5) is 0 Å². The monoisotopic (exact) mass is 462 g/mol. The molecule has 5 heteroatoms. The standard InChI is InChI=1S/C26H46O3Si2/c1-10-31(11-2,12-3)29-26(17-14-13-15-18-26)19-16-22-21(4)23(27)20-24(22)28-30(8,9)25(5,6)7/h22,24H,4,10-15,17-18,20H2,1-3,5-9H3/t22-,24-/m1/s1. The number of ketones is 1. The second-order valence-electron chi connectivity index (χ2n) is 11.2.